The third-order valence-electron chi connectivity index (χ3n) is 6.27. The third kappa shape index (κ3) is 6.51. The van der Waals surface area contributed by atoms with Crippen LogP contribution in [0.25, 0.3) is 0 Å². The van der Waals surface area contributed by atoms with Crippen LogP contribution in [-0.2, 0) is 20.4 Å². The van der Waals surface area contributed by atoms with E-state index in [-0.39, 0.29) is 30.5 Å². The average Bonchev–Trinajstić information content (AvgIpc) is 3.21. The number of urea groups is 1. The Labute approximate surface area is 211 Å². The smallest absolute Gasteiger partial charge is 0.416 e. The van der Waals surface area contributed by atoms with Gasteiger partial charge in [-0.1, -0.05) is 0 Å². The van der Waals surface area contributed by atoms with Gasteiger partial charge < -0.3 is 35.3 Å². The number of hydrogen-bond acceptors (Lipinski definition) is 6. The molecule has 37 heavy (non-hydrogen) atoms. The lowest BCUT2D eigenvalue weighted by Crippen LogP contribution is -2.47. The molecule has 2 aliphatic heterocycles. The van der Waals surface area contributed by atoms with E-state index in [1.807, 2.05) is 0 Å². The van der Waals surface area contributed by atoms with Crippen molar-refractivity contribution in [1.29, 1.82) is 0 Å². The van der Waals surface area contributed by atoms with E-state index in [1.54, 1.807) is 25.3 Å². The van der Waals surface area contributed by atoms with Crippen molar-refractivity contribution < 1.29 is 42.1 Å². The van der Waals surface area contributed by atoms with Crippen molar-refractivity contribution in [2.75, 3.05) is 37.5 Å². The van der Waals surface area contributed by atoms with Gasteiger partial charge in [-0.3, -0.25) is 4.79 Å². The number of ether oxygens (including phenoxy) is 3. The molecule has 0 bridgehead atoms. The van der Waals surface area contributed by atoms with Gasteiger partial charge in [-0.25, -0.2) is 4.79 Å². The van der Waals surface area contributed by atoms with Gasteiger partial charge in [-0.2, -0.15) is 13.2 Å². The number of carbonyl (C=O) groups excluding carboxylic acids is 2. The van der Waals surface area contributed by atoms with E-state index in [4.69, 9.17) is 14.2 Å². The monoisotopic (exact) mass is 523 g/mol. The summed E-state index contributed by atoms with van der Waals surface area (Å²) in [5, 5.41) is 17.8. The largest absolute Gasteiger partial charge is 0.487 e. The number of alkyl halides is 3. The van der Waals surface area contributed by atoms with Crippen LogP contribution in [0.4, 0.5) is 29.3 Å². The second-order valence-corrected chi connectivity index (χ2v) is 8.86. The molecule has 1 fully saturated rings. The Kier molecular flexibility index (Phi) is 8.20. The van der Waals surface area contributed by atoms with Crippen molar-refractivity contribution in [3.63, 3.8) is 0 Å². The molecule has 200 valence electrons. The molecule has 2 aromatic rings. The summed E-state index contributed by atoms with van der Waals surface area (Å²) in [7, 11) is 1.54. The van der Waals surface area contributed by atoms with E-state index in [0.717, 1.165) is 17.7 Å². The molecule has 2 aliphatic rings. The summed E-state index contributed by atoms with van der Waals surface area (Å²) in [6.45, 7) is 0.495. The van der Waals surface area contributed by atoms with Crippen molar-refractivity contribution in [3.05, 3.63) is 53.6 Å². The first-order valence-corrected chi connectivity index (χ1v) is 11.8. The van der Waals surface area contributed by atoms with Gasteiger partial charge in [0, 0.05) is 36.5 Å². The fraction of sp³-hybridized carbons (Fsp3) is 0.440. The Bertz CT molecular complexity index is 1110. The number of aliphatic hydroxyl groups excluding tert-OH is 1. The van der Waals surface area contributed by atoms with E-state index in [0.29, 0.717) is 31.0 Å². The first kappa shape index (κ1) is 26.7. The van der Waals surface area contributed by atoms with Crippen LogP contribution in [0.3, 0.4) is 0 Å². The number of rotatable bonds is 8. The molecular weight excluding hydrogens is 495 g/mol. The summed E-state index contributed by atoms with van der Waals surface area (Å²) in [6.07, 6.45) is -5.36. The topological polar surface area (TPSA) is 118 Å². The third-order valence-corrected chi connectivity index (χ3v) is 6.27. The standard InChI is InChI=1S/C25H28F3N3O6/c1-35-9-8-29-22(33)12-17-11-19-18-10-16(6-7-20(18)37-23(19)21(13-32)36-17)31-24(34)30-15-4-2-14(3-5-15)25(26,27)28/h2-7,10,17,19,21,23,32H,8-9,11-13H2,1H3,(H,29,33)(H2,30,31,34)/t17-,19-,21-,23+/m0/s1. The minimum absolute atomic E-state index is 0.117. The molecule has 2 heterocycles. The number of aliphatic hydroxyl groups is 1. The van der Waals surface area contributed by atoms with E-state index < -0.39 is 36.1 Å². The van der Waals surface area contributed by atoms with Gasteiger partial charge in [-0.15, -0.1) is 0 Å². The quantitative estimate of drug-likeness (QED) is 0.394. The number of fused-ring (bicyclic) bond motifs is 3. The Balaban J connectivity index is 1.41. The Morgan fingerprint density at radius 2 is 1.81 bits per heavy atom. The first-order valence-electron chi connectivity index (χ1n) is 11.8. The Morgan fingerprint density at radius 3 is 2.49 bits per heavy atom. The van der Waals surface area contributed by atoms with E-state index in [2.05, 4.69) is 16.0 Å². The van der Waals surface area contributed by atoms with Crippen LogP contribution in [0, 0.1) is 0 Å². The molecule has 9 nitrogen and oxygen atoms in total. The zero-order valence-corrected chi connectivity index (χ0v) is 20.0. The maximum atomic E-state index is 12.7. The van der Waals surface area contributed by atoms with E-state index >= 15 is 0 Å². The van der Waals surface area contributed by atoms with Crippen molar-refractivity contribution in [2.24, 2.45) is 0 Å². The molecule has 0 spiro atoms. The van der Waals surface area contributed by atoms with E-state index in [1.165, 1.54) is 12.1 Å². The molecular formula is C25H28F3N3O6. The second kappa shape index (κ2) is 11.4. The number of benzene rings is 2. The zero-order chi connectivity index (χ0) is 26.6. The Morgan fingerprint density at radius 1 is 1.11 bits per heavy atom. The van der Waals surface area contributed by atoms with Gasteiger partial charge >= 0.3 is 12.2 Å². The molecule has 3 amide bonds. The fourth-order valence-corrected chi connectivity index (χ4v) is 4.57. The molecule has 0 aliphatic carbocycles. The van der Waals surface area contributed by atoms with Crippen molar-refractivity contribution in [1.82, 2.24) is 5.32 Å². The van der Waals surface area contributed by atoms with Gasteiger partial charge in [-0.05, 0) is 48.9 Å². The van der Waals surface area contributed by atoms with Crippen molar-refractivity contribution in [3.8, 4) is 5.75 Å². The predicted octanol–water partition coefficient (Wildman–Crippen LogP) is 3.50. The summed E-state index contributed by atoms with van der Waals surface area (Å²) in [5.41, 5.74) is 0.657. The average molecular weight is 524 g/mol. The number of anilines is 2. The zero-order valence-electron chi connectivity index (χ0n) is 20.0. The van der Waals surface area contributed by atoms with Crippen LogP contribution in [0.1, 0.15) is 29.9 Å². The molecule has 4 rings (SSSR count). The SMILES string of the molecule is COCCNC(=O)C[C@@H]1C[C@H]2c3cc(NC(=O)Nc4ccc(C(F)(F)F)cc4)ccc3O[C@H]2[C@H](CO)O1. The number of halogens is 3. The molecule has 0 aromatic heterocycles. The lowest BCUT2D eigenvalue weighted by Gasteiger charge is -2.37. The van der Waals surface area contributed by atoms with Gasteiger partial charge in [0.15, 0.2) is 0 Å². The maximum Gasteiger partial charge on any atom is 0.416 e. The molecule has 0 radical (unpaired) electrons. The van der Waals surface area contributed by atoms with E-state index in [9.17, 15) is 27.9 Å². The first-order chi connectivity index (χ1) is 17.7. The van der Waals surface area contributed by atoms with Gasteiger partial charge in [0.05, 0.1) is 31.3 Å². The van der Waals surface area contributed by atoms with Gasteiger partial charge in [0.1, 0.15) is 18.0 Å². The highest BCUT2D eigenvalue weighted by Crippen LogP contribution is 2.47. The van der Waals surface area contributed by atoms with Crippen molar-refractivity contribution >= 4 is 23.3 Å². The fourth-order valence-electron chi connectivity index (χ4n) is 4.57. The van der Waals surface area contributed by atoms with Crippen LogP contribution >= 0.6 is 0 Å². The molecule has 4 atom stereocenters. The van der Waals surface area contributed by atoms with Crippen molar-refractivity contribution in [2.45, 2.75) is 43.2 Å². The van der Waals surface area contributed by atoms with Gasteiger partial charge in [0.2, 0.25) is 5.91 Å². The molecule has 4 N–H and O–H groups in total. The minimum atomic E-state index is -4.46. The van der Waals surface area contributed by atoms with Crippen LogP contribution in [-0.4, -0.2) is 62.2 Å². The number of methoxy groups -OCH3 is 1. The van der Waals surface area contributed by atoms with Crippen LogP contribution in [0.2, 0.25) is 0 Å². The summed E-state index contributed by atoms with van der Waals surface area (Å²) < 4.78 is 55.1. The van der Waals surface area contributed by atoms with Crippen LogP contribution in [0.15, 0.2) is 42.5 Å². The summed E-state index contributed by atoms with van der Waals surface area (Å²) in [6, 6.07) is 8.58. The highest BCUT2D eigenvalue weighted by Gasteiger charge is 2.46. The minimum Gasteiger partial charge on any atom is -0.487 e. The van der Waals surface area contributed by atoms with Crippen LogP contribution < -0.4 is 20.7 Å². The lowest BCUT2D eigenvalue weighted by molar-refractivity contribution is -0.142. The summed E-state index contributed by atoms with van der Waals surface area (Å²) in [5.74, 6) is 0.236. The summed E-state index contributed by atoms with van der Waals surface area (Å²) >= 11 is 0. The van der Waals surface area contributed by atoms with Crippen LogP contribution in [0.5, 0.6) is 5.75 Å². The molecule has 0 unspecified atom stereocenters. The number of amides is 3. The highest BCUT2D eigenvalue weighted by molar-refractivity contribution is 5.99. The number of hydrogen-bond donors (Lipinski definition) is 4. The molecule has 12 heteroatoms. The number of nitrogens with one attached hydrogen (secondary N) is 3. The maximum absolute atomic E-state index is 12.7. The lowest BCUT2D eigenvalue weighted by atomic mass is 9.84. The second-order valence-electron chi connectivity index (χ2n) is 8.86. The molecule has 0 saturated carbocycles. The molecule has 2 aromatic carbocycles. The Hall–Kier alpha value is -3.35. The normalized spacial score (nSPS) is 22.4. The van der Waals surface area contributed by atoms with Gasteiger partial charge in [0.25, 0.3) is 0 Å². The molecule has 1 saturated heterocycles. The number of carbonyl (C=O) groups is 2. The highest BCUT2D eigenvalue weighted by atomic mass is 19.4. The summed E-state index contributed by atoms with van der Waals surface area (Å²) in [4.78, 5) is 24.7. The predicted molar refractivity (Wildman–Crippen MR) is 128 cm³/mol.